The number of benzene rings is 1. The molecule has 2 N–H and O–H groups in total. The van der Waals surface area contributed by atoms with Crippen LogP contribution in [0.1, 0.15) is 33.3 Å². The first-order valence-corrected chi connectivity index (χ1v) is 7.07. The Kier molecular flexibility index (Phi) is 6.37. The highest BCUT2D eigenvalue weighted by Crippen LogP contribution is 2.10. The van der Waals surface area contributed by atoms with E-state index < -0.39 is 29.8 Å². The number of ether oxygens (including phenoxy) is 2. The van der Waals surface area contributed by atoms with Crippen molar-refractivity contribution >= 4 is 12.1 Å². The van der Waals surface area contributed by atoms with Crippen molar-refractivity contribution in [2.45, 2.75) is 52.0 Å². The van der Waals surface area contributed by atoms with E-state index in [1.807, 2.05) is 30.3 Å². The van der Waals surface area contributed by atoms with Gasteiger partial charge in [0.15, 0.2) is 6.04 Å². The Bertz CT molecular complexity index is 493. The lowest BCUT2D eigenvalue weighted by atomic mass is 10.1. The monoisotopic (exact) mass is 309 g/mol. The Balaban J connectivity index is 2.55. The quantitative estimate of drug-likeness (QED) is 0.813. The molecule has 0 aromatic heterocycles. The molecule has 1 rings (SSSR count). The van der Waals surface area contributed by atoms with Gasteiger partial charge >= 0.3 is 12.1 Å². The molecule has 122 valence electrons. The lowest BCUT2D eigenvalue weighted by Crippen LogP contribution is -2.50. The van der Waals surface area contributed by atoms with Gasteiger partial charge in [-0.3, -0.25) is 0 Å². The molecule has 2 atom stereocenters. The van der Waals surface area contributed by atoms with Gasteiger partial charge in [0.25, 0.3) is 0 Å². The molecule has 1 aromatic carbocycles. The largest absolute Gasteiger partial charge is 0.458 e. The van der Waals surface area contributed by atoms with E-state index in [-0.39, 0.29) is 6.61 Å². The summed E-state index contributed by atoms with van der Waals surface area (Å²) in [5, 5.41) is 12.0. The van der Waals surface area contributed by atoms with Crippen molar-refractivity contribution in [1.82, 2.24) is 5.32 Å². The van der Waals surface area contributed by atoms with E-state index in [2.05, 4.69) is 5.32 Å². The third-order valence-corrected chi connectivity index (χ3v) is 2.63. The molecule has 6 heteroatoms. The lowest BCUT2D eigenvalue weighted by molar-refractivity contribution is -0.160. The van der Waals surface area contributed by atoms with Gasteiger partial charge in [-0.05, 0) is 33.3 Å². The van der Waals surface area contributed by atoms with Gasteiger partial charge in [-0.1, -0.05) is 30.3 Å². The van der Waals surface area contributed by atoms with Gasteiger partial charge < -0.3 is 19.9 Å². The van der Waals surface area contributed by atoms with Crippen molar-refractivity contribution in [2.75, 3.05) is 0 Å². The molecule has 6 nitrogen and oxygen atoms in total. The summed E-state index contributed by atoms with van der Waals surface area (Å²) in [6.45, 7) is 6.59. The fraction of sp³-hybridized carbons (Fsp3) is 0.500. The molecule has 0 bridgehead atoms. The van der Waals surface area contributed by atoms with Crippen molar-refractivity contribution in [3.8, 4) is 0 Å². The highest BCUT2D eigenvalue weighted by molar-refractivity contribution is 5.82. The smallest absolute Gasteiger partial charge is 0.408 e. The van der Waals surface area contributed by atoms with Crippen LogP contribution in [0.15, 0.2) is 30.3 Å². The molecule has 1 amide bonds. The summed E-state index contributed by atoms with van der Waals surface area (Å²) in [5.74, 6) is -0.709. The minimum atomic E-state index is -1.18. The highest BCUT2D eigenvalue weighted by Gasteiger charge is 2.30. The number of hydrogen-bond acceptors (Lipinski definition) is 5. The van der Waals surface area contributed by atoms with Gasteiger partial charge in [-0.25, -0.2) is 9.59 Å². The second-order valence-electron chi connectivity index (χ2n) is 5.96. The molecule has 22 heavy (non-hydrogen) atoms. The Labute approximate surface area is 130 Å². The van der Waals surface area contributed by atoms with E-state index >= 15 is 0 Å². The second kappa shape index (κ2) is 7.79. The number of aliphatic hydroxyl groups excluding tert-OH is 1. The summed E-state index contributed by atoms with van der Waals surface area (Å²) < 4.78 is 10.2. The number of esters is 1. The molecule has 1 aromatic rings. The number of nitrogens with one attached hydrogen (secondary N) is 1. The van der Waals surface area contributed by atoms with Crippen molar-refractivity contribution in [3.63, 3.8) is 0 Å². The zero-order chi connectivity index (χ0) is 16.8. The molecule has 0 saturated carbocycles. The normalized spacial score (nSPS) is 13.9. The molecule has 0 radical (unpaired) electrons. The van der Waals surface area contributed by atoms with Gasteiger partial charge in [0.1, 0.15) is 12.2 Å². The standard InChI is InChI=1S/C16H23NO5/c1-11(18)13(14(19)22-16(2,3)4)17-15(20)21-10-12-8-6-5-7-9-12/h5-9,11,13,18H,10H2,1-4H3,(H,17,20)/t11-,13-/m0/s1. The molecule has 0 aliphatic heterocycles. The summed E-state index contributed by atoms with van der Waals surface area (Å²) in [6, 6.07) is 7.96. The Morgan fingerprint density at radius 2 is 1.82 bits per heavy atom. The fourth-order valence-electron chi connectivity index (χ4n) is 1.63. The zero-order valence-corrected chi connectivity index (χ0v) is 13.3. The predicted molar refractivity (Wildman–Crippen MR) is 81.1 cm³/mol. The number of carbonyl (C=O) groups is 2. The molecule has 0 aliphatic rings. The third kappa shape index (κ3) is 6.58. The van der Waals surface area contributed by atoms with E-state index in [1.54, 1.807) is 20.8 Å². The summed E-state index contributed by atoms with van der Waals surface area (Å²) >= 11 is 0. The summed E-state index contributed by atoms with van der Waals surface area (Å²) in [6.07, 6.45) is -1.89. The topological polar surface area (TPSA) is 84.9 Å². The summed E-state index contributed by atoms with van der Waals surface area (Å²) in [7, 11) is 0. The van der Waals surface area contributed by atoms with Crippen LogP contribution in [0.4, 0.5) is 4.79 Å². The maximum absolute atomic E-state index is 12.0. The van der Waals surface area contributed by atoms with Crippen LogP contribution in [0.2, 0.25) is 0 Å². The molecule has 0 aliphatic carbocycles. The van der Waals surface area contributed by atoms with Crippen molar-refractivity contribution < 1.29 is 24.2 Å². The maximum Gasteiger partial charge on any atom is 0.408 e. The first-order chi connectivity index (χ1) is 10.2. The van der Waals surface area contributed by atoms with Gasteiger partial charge in [-0.2, -0.15) is 0 Å². The first kappa shape index (κ1) is 18.0. The minimum absolute atomic E-state index is 0.0769. The van der Waals surface area contributed by atoms with Crippen LogP contribution < -0.4 is 5.32 Å². The van der Waals surface area contributed by atoms with E-state index in [0.717, 1.165) is 5.56 Å². The van der Waals surface area contributed by atoms with Crippen molar-refractivity contribution in [2.24, 2.45) is 0 Å². The zero-order valence-electron chi connectivity index (χ0n) is 13.3. The van der Waals surface area contributed by atoms with Crippen molar-refractivity contribution in [3.05, 3.63) is 35.9 Å². The number of alkyl carbamates (subject to hydrolysis) is 1. The summed E-state index contributed by atoms with van der Waals surface area (Å²) in [4.78, 5) is 23.7. The van der Waals surface area contributed by atoms with E-state index in [1.165, 1.54) is 6.92 Å². The van der Waals surface area contributed by atoms with E-state index in [4.69, 9.17) is 9.47 Å². The fourth-order valence-corrected chi connectivity index (χ4v) is 1.63. The van der Waals surface area contributed by atoms with Crippen LogP contribution in [0, 0.1) is 0 Å². The third-order valence-electron chi connectivity index (χ3n) is 2.63. The summed E-state index contributed by atoms with van der Waals surface area (Å²) in [5.41, 5.74) is 0.114. The number of rotatable bonds is 5. The average molecular weight is 309 g/mol. The predicted octanol–water partition coefficient (Wildman–Crippen LogP) is 2.00. The van der Waals surface area contributed by atoms with Crippen LogP contribution in [-0.2, 0) is 20.9 Å². The molecular weight excluding hydrogens is 286 g/mol. The van der Waals surface area contributed by atoms with Gasteiger partial charge in [-0.15, -0.1) is 0 Å². The minimum Gasteiger partial charge on any atom is -0.458 e. The van der Waals surface area contributed by atoms with Crippen LogP contribution in [0.5, 0.6) is 0 Å². The Hall–Kier alpha value is -2.08. The average Bonchev–Trinajstić information content (AvgIpc) is 2.41. The SMILES string of the molecule is C[C@H](O)[C@H](NC(=O)OCc1ccccc1)C(=O)OC(C)(C)C. The molecule has 0 spiro atoms. The van der Waals surface area contributed by atoms with E-state index in [9.17, 15) is 14.7 Å². The van der Waals surface area contributed by atoms with Crippen molar-refractivity contribution in [1.29, 1.82) is 0 Å². The van der Waals surface area contributed by atoms with Gasteiger partial charge in [0, 0.05) is 0 Å². The molecular formula is C16H23NO5. The van der Waals surface area contributed by atoms with Gasteiger partial charge in [0.05, 0.1) is 6.10 Å². The lowest BCUT2D eigenvalue weighted by Gasteiger charge is -2.25. The molecule has 0 saturated heterocycles. The molecule has 0 unspecified atom stereocenters. The van der Waals surface area contributed by atoms with Crippen LogP contribution in [-0.4, -0.2) is 34.9 Å². The number of aliphatic hydroxyl groups is 1. The molecule has 0 heterocycles. The van der Waals surface area contributed by atoms with Crippen LogP contribution in [0.25, 0.3) is 0 Å². The maximum atomic E-state index is 12.0. The van der Waals surface area contributed by atoms with E-state index in [0.29, 0.717) is 0 Å². The van der Waals surface area contributed by atoms with Crippen LogP contribution >= 0.6 is 0 Å². The second-order valence-corrected chi connectivity index (χ2v) is 5.96. The Morgan fingerprint density at radius 1 is 1.23 bits per heavy atom. The van der Waals surface area contributed by atoms with Gasteiger partial charge in [0.2, 0.25) is 0 Å². The molecule has 0 fully saturated rings. The Morgan fingerprint density at radius 3 is 2.32 bits per heavy atom. The number of carbonyl (C=O) groups excluding carboxylic acids is 2. The number of amides is 1. The first-order valence-electron chi connectivity index (χ1n) is 7.07. The highest BCUT2D eigenvalue weighted by atomic mass is 16.6. The number of hydrogen-bond donors (Lipinski definition) is 2. The van der Waals surface area contributed by atoms with Crippen LogP contribution in [0.3, 0.4) is 0 Å².